The van der Waals surface area contributed by atoms with Crippen molar-refractivity contribution < 1.29 is 14.7 Å². The van der Waals surface area contributed by atoms with Gasteiger partial charge in [-0.25, -0.2) is 4.79 Å². The van der Waals surface area contributed by atoms with Crippen LogP contribution >= 0.6 is 0 Å². The molecule has 0 saturated heterocycles. The second-order valence-electron chi connectivity index (χ2n) is 2.22. The summed E-state index contributed by atoms with van der Waals surface area (Å²) in [5, 5.41) is 8.35. The summed E-state index contributed by atoms with van der Waals surface area (Å²) in [6, 6.07) is 6.06. The van der Waals surface area contributed by atoms with E-state index >= 15 is 0 Å². The number of Topliss-reactive ketones (excluding diaryl/α,β-unsaturated/α-hetero) is 1. The molecule has 0 spiro atoms. The fourth-order valence-electron chi connectivity index (χ4n) is 0.819. The molecule has 0 aliphatic rings. The van der Waals surface area contributed by atoms with Crippen LogP contribution in [0, 0.1) is 0 Å². The first-order valence-electron chi connectivity index (χ1n) is 3.25. The van der Waals surface area contributed by atoms with Crippen LogP contribution in [0.2, 0.25) is 0 Å². The number of ketones is 1. The average molecular weight is 165 g/mol. The van der Waals surface area contributed by atoms with Crippen molar-refractivity contribution in [2.45, 2.75) is 0 Å². The highest BCUT2D eigenvalue weighted by Crippen LogP contribution is 2.10. The second kappa shape index (κ2) is 3.04. The van der Waals surface area contributed by atoms with Crippen molar-refractivity contribution in [2.75, 3.05) is 5.73 Å². The van der Waals surface area contributed by atoms with Crippen molar-refractivity contribution in [3.63, 3.8) is 0 Å². The topological polar surface area (TPSA) is 80.4 Å². The largest absolute Gasteiger partial charge is 0.475 e. The quantitative estimate of drug-likeness (QED) is 0.380. The number of carboxylic acids is 1. The zero-order chi connectivity index (χ0) is 9.14. The molecule has 0 radical (unpaired) electrons. The molecule has 0 unspecified atom stereocenters. The molecule has 0 fully saturated rings. The van der Waals surface area contributed by atoms with Gasteiger partial charge in [0.1, 0.15) is 0 Å². The van der Waals surface area contributed by atoms with Crippen LogP contribution in [0.25, 0.3) is 0 Å². The number of hydrogen-bond donors (Lipinski definition) is 2. The van der Waals surface area contributed by atoms with Crippen LogP contribution in [0.4, 0.5) is 5.69 Å². The molecule has 1 aromatic carbocycles. The minimum Gasteiger partial charge on any atom is -0.475 e. The van der Waals surface area contributed by atoms with Gasteiger partial charge in [-0.05, 0) is 12.1 Å². The Morgan fingerprint density at radius 1 is 1.25 bits per heavy atom. The zero-order valence-corrected chi connectivity index (χ0v) is 6.15. The van der Waals surface area contributed by atoms with Crippen LogP contribution in [0.5, 0.6) is 0 Å². The maximum absolute atomic E-state index is 10.9. The lowest BCUT2D eigenvalue weighted by atomic mass is 10.1. The van der Waals surface area contributed by atoms with Crippen molar-refractivity contribution in [3.8, 4) is 0 Å². The molecule has 1 aromatic rings. The Hall–Kier alpha value is -1.84. The molecule has 0 aromatic heterocycles. The summed E-state index contributed by atoms with van der Waals surface area (Å²) >= 11 is 0. The van der Waals surface area contributed by atoms with Gasteiger partial charge in [0.2, 0.25) is 0 Å². The number of nitrogens with two attached hydrogens (primary N) is 1. The van der Waals surface area contributed by atoms with Gasteiger partial charge < -0.3 is 10.8 Å². The first-order chi connectivity index (χ1) is 5.63. The summed E-state index contributed by atoms with van der Waals surface area (Å²) in [4.78, 5) is 21.1. The van der Waals surface area contributed by atoms with E-state index in [4.69, 9.17) is 10.8 Å². The van der Waals surface area contributed by atoms with E-state index in [1.807, 2.05) is 0 Å². The van der Waals surface area contributed by atoms with E-state index in [1.165, 1.54) is 12.1 Å². The fourth-order valence-corrected chi connectivity index (χ4v) is 0.819. The van der Waals surface area contributed by atoms with E-state index in [-0.39, 0.29) is 11.3 Å². The smallest absolute Gasteiger partial charge is 0.377 e. The maximum atomic E-state index is 10.9. The summed E-state index contributed by atoms with van der Waals surface area (Å²) < 4.78 is 0. The Bertz CT molecular complexity index is 333. The molecule has 62 valence electrons. The summed E-state index contributed by atoms with van der Waals surface area (Å²) in [5.74, 6) is -2.47. The van der Waals surface area contributed by atoms with E-state index in [9.17, 15) is 9.59 Å². The second-order valence-corrected chi connectivity index (χ2v) is 2.22. The zero-order valence-electron chi connectivity index (χ0n) is 6.15. The molecule has 4 heteroatoms. The molecule has 0 atom stereocenters. The predicted octanol–water partition coefficient (Wildman–Crippen LogP) is 0.536. The molecule has 0 bridgehead atoms. The van der Waals surface area contributed by atoms with Crippen LogP contribution in [-0.4, -0.2) is 16.9 Å². The van der Waals surface area contributed by atoms with Gasteiger partial charge in [0, 0.05) is 5.69 Å². The van der Waals surface area contributed by atoms with Crippen LogP contribution in [0.1, 0.15) is 10.4 Å². The van der Waals surface area contributed by atoms with Crippen molar-refractivity contribution >= 4 is 17.4 Å². The van der Waals surface area contributed by atoms with E-state index < -0.39 is 11.8 Å². The number of carbonyl (C=O) groups excluding carboxylic acids is 1. The number of nitrogen functional groups attached to an aromatic ring is 1. The Balaban J connectivity index is 3.11. The van der Waals surface area contributed by atoms with Gasteiger partial charge in [-0.1, -0.05) is 12.1 Å². The Labute approximate surface area is 68.6 Å². The average Bonchev–Trinajstić information content (AvgIpc) is 2.04. The Morgan fingerprint density at radius 2 is 1.83 bits per heavy atom. The number of rotatable bonds is 2. The standard InChI is InChI=1S/C8H7NO3/c9-6-4-2-1-3-5(6)7(10)8(11)12/h1-4H,9H2,(H,11,12). The van der Waals surface area contributed by atoms with Crippen molar-refractivity contribution in [1.82, 2.24) is 0 Å². The van der Waals surface area contributed by atoms with Crippen LogP contribution < -0.4 is 5.73 Å². The molecule has 0 aliphatic heterocycles. The highest BCUT2D eigenvalue weighted by Gasteiger charge is 2.15. The van der Waals surface area contributed by atoms with Gasteiger partial charge >= 0.3 is 5.97 Å². The summed E-state index contributed by atoms with van der Waals surface area (Å²) in [5.41, 5.74) is 5.59. The first-order valence-corrected chi connectivity index (χ1v) is 3.25. The van der Waals surface area contributed by atoms with Crippen LogP contribution in [0.15, 0.2) is 24.3 Å². The number of carbonyl (C=O) groups is 2. The van der Waals surface area contributed by atoms with Gasteiger partial charge in [-0.2, -0.15) is 0 Å². The normalized spacial score (nSPS) is 9.33. The third-order valence-corrected chi connectivity index (χ3v) is 1.40. The summed E-state index contributed by atoms with van der Waals surface area (Å²) in [7, 11) is 0. The highest BCUT2D eigenvalue weighted by atomic mass is 16.4. The van der Waals surface area contributed by atoms with Gasteiger partial charge in [-0.15, -0.1) is 0 Å². The van der Waals surface area contributed by atoms with Crippen LogP contribution in [-0.2, 0) is 4.79 Å². The van der Waals surface area contributed by atoms with Crippen molar-refractivity contribution in [1.29, 1.82) is 0 Å². The fraction of sp³-hybridized carbons (Fsp3) is 0. The summed E-state index contributed by atoms with van der Waals surface area (Å²) in [6.07, 6.45) is 0. The molecule has 0 heterocycles. The molecule has 12 heavy (non-hydrogen) atoms. The number of para-hydroxylation sites is 1. The van der Waals surface area contributed by atoms with Gasteiger partial charge in [0.15, 0.2) is 0 Å². The lowest BCUT2D eigenvalue weighted by Crippen LogP contribution is -2.14. The Kier molecular flexibility index (Phi) is 2.09. The monoisotopic (exact) mass is 165 g/mol. The predicted molar refractivity (Wildman–Crippen MR) is 42.8 cm³/mol. The first kappa shape index (κ1) is 8.26. The number of carboxylic acid groups (broad SMARTS) is 1. The van der Waals surface area contributed by atoms with E-state index in [1.54, 1.807) is 12.1 Å². The third-order valence-electron chi connectivity index (χ3n) is 1.40. The minimum atomic E-state index is -1.49. The number of aliphatic carboxylic acids is 1. The number of anilines is 1. The van der Waals surface area contributed by atoms with Crippen molar-refractivity contribution in [2.24, 2.45) is 0 Å². The lowest BCUT2D eigenvalue weighted by molar-refractivity contribution is -0.131. The maximum Gasteiger partial charge on any atom is 0.377 e. The van der Waals surface area contributed by atoms with Crippen LogP contribution in [0.3, 0.4) is 0 Å². The number of benzene rings is 1. The number of hydrogen-bond acceptors (Lipinski definition) is 3. The molecule has 0 amide bonds. The molecule has 0 aliphatic carbocycles. The molecule has 1 rings (SSSR count). The van der Waals surface area contributed by atoms with E-state index in [2.05, 4.69) is 0 Å². The Morgan fingerprint density at radius 3 is 2.33 bits per heavy atom. The van der Waals surface area contributed by atoms with Crippen molar-refractivity contribution in [3.05, 3.63) is 29.8 Å². The minimum absolute atomic E-state index is 0.0324. The molecule has 0 saturated carbocycles. The molecule has 4 nitrogen and oxygen atoms in total. The van der Waals surface area contributed by atoms with Gasteiger partial charge in [0.25, 0.3) is 5.78 Å². The molecular formula is C8H7NO3. The summed E-state index contributed by atoms with van der Waals surface area (Å²) in [6.45, 7) is 0. The van der Waals surface area contributed by atoms with Gasteiger partial charge in [0.05, 0.1) is 5.56 Å². The SMILES string of the molecule is Nc1ccccc1C(=O)C(=O)O. The molecule has 3 N–H and O–H groups in total. The van der Waals surface area contributed by atoms with Gasteiger partial charge in [-0.3, -0.25) is 4.79 Å². The van der Waals surface area contributed by atoms with E-state index in [0.29, 0.717) is 0 Å². The lowest BCUT2D eigenvalue weighted by Gasteiger charge is -1.98. The molecular weight excluding hydrogens is 158 g/mol. The van der Waals surface area contributed by atoms with E-state index in [0.717, 1.165) is 0 Å². The third kappa shape index (κ3) is 1.42. The highest BCUT2D eigenvalue weighted by molar-refractivity contribution is 6.41.